The Labute approximate surface area is 161 Å². The lowest BCUT2D eigenvalue weighted by atomic mass is 9.86. The zero-order valence-corrected chi connectivity index (χ0v) is 16.0. The van der Waals surface area contributed by atoms with Crippen LogP contribution in [-0.2, 0) is 16.1 Å². The van der Waals surface area contributed by atoms with E-state index in [2.05, 4.69) is 54.3 Å². The highest BCUT2D eigenvalue weighted by atomic mass is 16.5. The van der Waals surface area contributed by atoms with E-state index in [1.165, 1.54) is 11.1 Å². The van der Waals surface area contributed by atoms with Crippen LogP contribution in [-0.4, -0.2) is 48.6 Å². The molecule has 0 N–H and O–H groups in total. The van der Waals surface area contributed by atoms with Gasteiger partial charge in [0, 0.05) is 44.1 Å². The van der Waals surface area contributed by atoms with E-state index >= 15 is 0 Å². The first-order valence-electron chi connectivity index (χ1n) is 9.84. The Bertz CT molecular complexity index is 764. The molecule has 2 aromatic carbocycles. The largest absolute Gasteiger partial charge is 0.379 e. The molecule has 0 aromatic heterocycles. The number of nitrogens with zero attached hydrogens (tertiary/aromatic N) is 2. The summed E-state index contributed by atoms with van der Waals surface area (Å²) in [6.45, 7) is 6.93. The fourth-order valence-electron chi connectivity index (χ4n) is 4.43. The van der Waals surface area contributed by atoms with E-state index in [-0.39, 0.29) is 11.3 Å². The summed E-state index contributed by atoms with van der Waals surface area (Å²) in [4.78, 5) is 17.3. The molecule has 4 rings (SSSR count). The van der Waals surface area contributed by atoms with Crippen molar-refractivity contribution in [2.24, 2.45) is 5.41 Å². The fraction of sp³-hybridized carbons (Fsp3) is 0.435. The Morgan fingerprint density at radius 3 is 2.48 bits per heavy atom. The maximum absolute atomic E-state index is 12.8. The van der Waals surface area contributed by atoms with E-state index < -0.39 is 0 Å². The molecule has 1 amide bonds. The predicted molar refractivity (Wildman–Crippen MR) is 106 cm³/mol. The summed E-state index contributed by atoms with van der Waals surface area (Å²) in [6, 6.07) is 21.2. The molecule has 2 saturated heterocycles. The van der Waals surface area contributed by atoms with Crippen molar-refractivity contribution in [3.63, 3.8) is 0 Å². The number of carbonyl (C=O) groups is 1. The van der Waals surface area contributed by atoms with Crippen LogP contribution in [0, 0.1) is 5.41 Å². The zero-order chi connectivity index (χ0) is 18.7. The third-order valence-corrected chi connectivity index (χ3v) is 5.92. The lowest BCUT2D eigenvalue weighted by Gasteiger charge is -2.35. The third kappa shape index (κ3) is 4.07. The highest BCUT2D eigenvalue weighted by Crippen LogP contribution is 2.37. The van der Waals surface area contributed by atoms with Crippen LogP contribution in [0.3, 0.4) is 0 Å². The second kappa shape index (κ2) is 7.83. The lowest BCUT2D eigenvalue weighted by Crippen LogP contribution is -2.41. The molecule has 2 heterocycles. The average molecular weight is 364 g/mol. The molecule has 0 bridgehead atoms. The van der Waals surface area contributed by atoms with Gasteiger partial charge in [0.25, 0.3) is 0 Å². The maximum Gasteiger partial charge on any atom is 0.223 e. The van der Waals surface area contributed by atoms with Crippen molar-refractivity contribution < 1.29 is 9.53 Å². The molecule has 142 valence electrons. The Morgan fingerprint density at radius 2 is 1.74 bits per heavy atom. The number of benzene rings is 2. The van der Waals surface area contributed by atoms with Crippen molar-refractivity contribution in [2.75, 3.05) is 32.8 Å². The molecule has 27 heavy (non-hydrogen) atoms. The van der Waals surface area contributed by atoms with E-state index in [0.29, 0.717) is 25.6 Å². The second-order valence-electron chi connectivity index (χ2n) is 8.02. The van der Waals surface area contributed by atoms with Crippen LogP contribution in [0.5, 0.6) is 0 Å². The minimum Gasteiger partial charge on any atom is -0.379 e. The Kier molecular flexibility index (Phi) is 5.28. The van der Waals surface area contributed by atoms with E-state index in [4.69, 9.17) is 4.74 Å². The summed E-state index contributed by atoms with van der Waals surface area (Å²) in [5.41, 5.74) is 2.40. The minimum atomic E-state index is -0.106. The van der Waals surface area contributed by atoms with Gasteiger partial charge in [-0.2, -0.15) is 0 Å². The molecular weight excluding hydrogens is 336 g/mol. The van der Waals surface area contributed by atoms with Crippen LogP contribution < -0.4 is 0 Å². The van der Waals surface area contributed by atoms with E-state index in [1.54, 1.807) is 0 Å². The van der Waals surface area contributed by atoms with Crippen LogP contribution in [0.4, 0.5) is 0 Å². The molecule has 2 atom stereocenters. The van der Waals surface area contributed by atoms with Gasteiger partial charge < -0.3 is 9.64 Å². The highest BCUT2D eigenvalue weighted by Gasteiger charge is 2.46. The monoisotopic (exact) mass is 364 g/mol. The summed E-state index contributed by atoms with van der Waals surface area (Å²) < 4.78 is 5.97. The topological polar surface area (TPSA) is 32.8 Å². The Hall–Kier alpha value is -2.17. The van der Waals surface area contributed by atoms with Crippen LogP contribution in [0.1, 0.15) is 30.5 Å². The van der Waals surface area contributed by atoms with Gasteiger partial charge in [0.1, 0.15) is 0 Å². The zero-order valence-electron chi connectivity index (χ0n) is 16.0. The first-order valence-corrected chi connectivity index (χ1v) is 9.84. The number of rotatable bonds is 4. The minimum absolute atomic E-state index is 0.106. The van der Waals surface area contributed by atoms with Gasteiger partial charge in [-0.15, -0.1) is 0 Å². The number of amides is 1. The summed E-state index contributed by atoms with van der Waals surface area (Å²) in [6.07, 6.45) is 0.581. The summed E-state index contributed by atoms with van der Waals surface area (Å²) in [7, 11) is 0. The second-order valence-corrected chi connectivity index (χ2v) is 8.02. The molecule has 4 nitrogen and oxygen atoms in total. The number of carbonyl (C=O) groups excluding carboxylic acids is 1. The maximum atomic E-state index is 12.8. The SMILES string of the molecule is C[C@H](c1ccccc1)N1CCOC[C@]2(CC(=O)N(Cc3ccccc3)C2)C1. The van der Waals surface area contributed by atoms with Gasteiger partial charge >= 0.3 is 0 Å². The molecule has 0 radical (unpaired) electrons. The van der Waals surface area contributed by atoms with Crippen molar-refractivity contribution in [1.82, 2.24) is 9.80 Å². The lowest BCUT2D eigenvalue weighted by molar-refractivity contribution is -0.128. The van der Waals surface area contributed by atoms with E-state index in [0.717, 1.165) is 26.2 Å². The van der Waals surface area contributed by atoms with Gasteiger partial charge in [0.2, 0.25) is 5.91 Å². The quantitative estimate of drug-likeness (QED) is 0.832. The summed E-state index contributed by atoms with van der Waals surface area (Å²) >= 11 is 0. The smallest absolute Gasteiger partial charge is 0.223 e. The van der Waals surface area contributed by atoms with Crippen LogP contribution in [0.25, 0.3) is 0 Å². The molecule has 4 heteroatoms. The fourth-order valence-corrected chi connectivity index (χ4v) is 4.43. The number of likely N-dealkylation sites (tertiary alicyclic amines) is 1. The van der Waals surface area contributed by atoms with Crippen molar-refractivity contribution in [3.8, 4) is 0 Å². The molecule has 2 aliphatic rings. The van der Waals surface area contributed by atoms with Gasteiger partial charge in [-0.1, -0.05) is 60.7 Å². The molecule has 0 aliphatic carbocycles. The van der Waals surface area contributed by atoms with E-state index in [9.17, 15) is 4.79 Å². The van der Waals surface area contributed by atoms with Gasteiger partial charge in [-0.05, 0) is 18.1 Å². The van der Waals surface area contributed by atoms with Crippen molar-refractivity contribution in [3.05, 3.63) is 71.8 Å². The average Bonchev–Trinajstić information content (AvgIpc) is 2.87. The van der Waals surface area contributed by atoms with Crippen LogP contribution in [0.2, 0.25) is 0 Å². The molecule has 0 saturated carbocycles. The third-order valence-electron chi connectivity index (χ3n) is 5.92. The molecule has 0 unspecified atom stereocenters. The summed E-state index contributed by atoms with van der Waals surface area (Å²) in [5.74, 6) is 0.247. The van der Waals surface area contributed by atoms with E-state index in [1.807, 2.05) is 23.1 Å². The number of hydrogen-bond acceptors (Lipinski definition) is 3. The molecule has 2 aliphatic heterocycles. The predicted octanol–water partition coefficient (Wildman–Crippen LogP) is 3.50. The standard InChI is InChI=1S/C23H28N2O2/c1-19(21-10-6-3-7-11-21)24-12-13-27-18-23(16-24)14-22(26)25(17-23)15-20-8-4-2-5-9-20/h2-11,19H,12-18H2,1H3/t19-,23-/m1/s1. The first-order chi connectivity index (χ1) is 13.2. The van der Waals surface area contributed by atoms with Crippen LogP contribution >= 0.6 is 0 Å². The van der Waals surface area contributed by atoms with Crippen molar-refractivity contribution >= 4 is 5.91 Å². The van der Waals surface area contributed by atoms with Crippen LogP contribution in [0.15, 0.2) is 60.7 Å². The van der Waals surface area contributed by atoms with Gasteiger partial charge in [0.05, 0.1) is 13.2 Å². The molecule has 2 fully saturated rings. The Morgan fingerprint density at radius 1 is 1.04 bits per heavy atom. The molecular formula is C23H28N2O2. The summed E-state index contributed by atoms with van der Waals surface area (Å²) in [5, 5.41) is 0. The van der Waals surface area contributed by atoms with Gasteiger partial charge in [0.15, 0.2) is 0 Å². The van der Waals surface area contributed by atoms with Crippen molar-refractivity contribution in [2.45, 2.75) is 25.9 Å². The number of ether oxygens (including phenoxy) is 1. The normalized spacial score (nSPS) is 24.9. The molecule has 2 aromatic rings. The van der Waals surface area contributed by atoms with Gasteiger partial charge in [-0.3, -0.25) is 9.69 Å². The molecule has 1 spiro atoms. The first kappa shape index (κ1) is 18.2. The van der Waals surface area contributed by atoms with Gasteiger partial charge in [-0.25, -0.2) is 0 Å². The number of hydrogen-bond donors (Lipinski definition) is 0. The van der Waals surface area contributed by atoms with Crippen molar-refractivity contribution in [1.29, 1.82) is 0 Å². The Balaban J connectivity index is 1.49. The highest BCUT2D eigenvalue weighted by molar-refractivity contribution is 5.79.